The highest BCUT2D eigenvalue weighted by molar-refractivity contribution is 5.65. The standard InChI is InChI=1S/C9H16N2O2/c12-9(13)11-5-1-2-8(6-11)10-7-3-4-7/h7-8,10H,1-6H2,(H,12,13). The van der Waals surface area contributed by atoms with Crippen LogP contribution >= 0.6 is 0 Å². The molecule has 2 fully saturated rings. The van der Waals surface area contributed by atoms with E-state index in [0.29, 0.717) is 25.2 Å². The van der Waals surface area contributed by atoms with Gasteiger partial charge >= 0.3 is 6.09 Å². The second-order valence-corrected chi connectivity index (χ2v) is 4.01. The number of nitrogens with one attached hydrogen (secondary N) is 1. The Morgan fingerprint density at radius 3 is 2.69 bits per heavy atom. The normalized spacial score (nSPS) is 28.9. The highest BCUT2D eigenvalue weighted by Gasteiger charge is 2.28. The first-order valence-corrected chi connectivity index (χ1v) is 4.99. The summed E-state index contributed by atoms with van der Waals surface area (Å²) in [4.78, 5) is 12.2. The van der Waals surface area contributed by atoms with Gasteiger partial charge in [0.2, 0.25) is 0 Å². The smallest absolute Gasteiger partial charge is 0.407 e. The van der Waals surface area contributed by atoms with Crippen LogP contribution in [0.2, 0.25) is 0 Å². The van der Waals surface area contributed by atoms with Crippen LogP contribution < -0.4 is 5.32 Å². The van der Waals surface area contributed by atoms with Gasteiger partial charge in [-0.2, -0.15) is 0 Å². The maximum atomic E-state index is 10.7. The van der Waals surface area contributed by atoms with Crippen molar-refractivity contribution in [2.75, 3.05) is 13.1 Å². The summed E-state index contributed by atoms with van der Waals surface area (Å²) in [7, 11) is 0. The SMILES string of the molecule is O=C(O)N1CCCC(NC2CC2)C1. The van der Waals surface area contributed by atoms with E-state index < -0.39 is 6.09 Å². The third-order valence-corrected chi connectivity index (χ3v) is 2.74. The van der Waals surface area contributed by atoms with E-state index in [1.165, 1.54) is 17.7 Å². The minimum atomic E-state index is -0.776. The van der Waals surface area contributed by atoms with Gasteiger partial charge in [-0.3, -0.25) is 0 Å². The fourth-order valence-corrected chi connectivity index (χ4v) is 1.87. The second-order valence-electron chi connectivity index (χ2n) is 4.01. The summed E-state index contributed by atoms with van der Waals surface area (Å²) >= 11 is 0. The largest absolute Gasteiger partial charge is 0.465 e. The molecule has 4 heteroatoms. The quantitative estimate of drug-likeness (QED) is 0.670. The van der Waals surface area contributed by atoms with Crippen molar-refractivity contribution in [3.8, 4) is 0 Å². The Balaban J connectivity index is 1.80. The second kappa shape index (κ2) is 3.54. The van der Waals surface area contributed by atoms with Crippen LogP contribution in [0.5, 0.6) is 0 Å². The van der Waals surface area contributed by atoms with Crippen LogP contribution in [0.1, 0.15) is 25.7 Å². The Bertz CT molecular complexity index is 204. The topological polar surface area (TPSA) is 52.6 Å². The van der Waals surface area contributed by atoms with Crippen LogP contribution in [-0.2, 0) is 0 Å². The van der Waals surface area contributed by atoms with Crippen molar-refractivity contribution in [1.29, 1.82) is 0 Å². The molecule has 1 saturated heterocycles. The average molecular weight is 184 g/mol. The molecule has 74 valence electrons. The summed E-state index contributed by atoms with van der Waals surface area (Å²) in [5, 5.41) is 12.3. The zero-order chi connectivity index (χ0) is 9.26. The Labute approximate surface area is 77.9 Å². The summed E-state index contributed by atoms with van der Waals surface area (Å²) in [6.45, 7) is 1.38. The van der Waals surface area contributed by atoms with Crippen molar-refractivity contribution < 1.29 is 9.90 Å². The van der Waals surface area contributed by atoms with Crippen LogP contribution in [0.4, 0.5) is 4.79 Å². The summed E-state index contributed by atoms with van der Waals surface area (Å²) in [6, 6.07) is 1.08. The van der Waals surface area contributed by atoms with E-state index in [0.717, 1.165) is 12.8 Å². The third-order valence-electron chi connectivity index (χ3n) is 2.74. The number of piperidine rings is 1. The molecule has 1 amide bonds. The Morgan fingerprint density at radius 2 is 2.08 bits per heavy atom. The van der Waals surface area contributed by atoms with Crippen molar-refractivity contribution >= 4 is 6.09 Å². The van der Waals surface area contributed by atoms with Crippen molar-refractivity contribution in [3.63, 3.8) is 0 Å². The molecule has 0 spiro atoms. The molecule has 0 aromatic heterocycles. The number of nitrogens with zero attached hydrogens (tertiary/aromatic N) is 1. The van der Waals surface area contributed by atoms with Gasteiger partial charge in [0.1, 0.15) is 0 Å². The van der Waals surface area contributed by atoms with Crippen molar-refractivity contribution in [2.24, 2.45) is 0 Å². The average Bonchev–Trinajstić information content (AvgIpc) is 2.89. The molecule has 2 rings (SSSR count). The lowest BCUT2D eigenvalue weighted by Gasteiger charge is -2.31. The lowest BCUT2D eigenvalue weighted by Crippen LogP contribution is -2.48. The third kappa shape index (κ3) is 2.34. The fourth-order valence-electron chi connectivity index (χ4n) is 1.87. The number of carbonyl (C=O) groups is 1. The summed E-state index contributed by atoms with van der Waals surface area (Å²) < 4.78 is 0. The maximum Gasteiger partial charge on any atom is 0.407 e. The molecule has 0 aromatic rings. The monoisotopic (exact) mass is 184 g/mol. The molecular formula is C9H16N2O2. The predicted octanol–water partition coefficient (Wildman–Crippen LogP) is 0.881. The lowest BCUT2D eigenvalue weighted by molar-refractivity contribution is 0.126. The molecule has 13 heavy (non-hydrogen) atoms. The van der Waals surface area contributed by atoms with Gasteiger partial charge in [-0.25, -0.2) is 4.79 Å². The molecule has 2 N–H and O–H groups in total. The number of carboxylic acid groups (broad SMARTS) is 1. The molecule has 0 bridgehead atoms. The van der Waals surface area contributed by atoms with Gasteiger partial charge in [0.25, 0.3) is 0 Å². The van der Waals surface area contributed by atoms with E-state index >= 15 is 0 Å². The molecule has 0 radical (unpaired) electrons. The van der Waals surface area contributed by atoms with E-state index in [1.54, 1.807) is 0 Å². The first-order chi connectivity index (χ1) is 6.25. The van der Waals surface area contributed by atoms with Crippen molar-refractivity contribution in [3.05, 3.63) is 0 Å². The van der Waals surface area contributed by atoms with Gasteiger partial charge in [-0.05, 0) is 25.7 Å². The molecule has 0 aromatic carbocycles. The first-order valence-electron chi connectivity index (χ1n) is 4.99. The van der Waals surface area contributed by atoms with Crippen LogP contribution in [-0.4, -0.2) is 41.3 Å². The molecule has 2 aliphatic rings. The van der Waals surface area contributed by atoms with Gasteiger partial charge in [-0.15, -0.1) is 0 Å². The molecule has 1 saturated carbocycles. The molecular weight excluding hydrogens is 168 g/mol. The Kier molecular flexibility index (Phi) is 2.40. The van der Waals surface area contributed by atoms with Crippen molar-refractivity contribution in [2.45, 2.75) is 37.8 Å². The summed E-state index contributed by atoms with van der Waals surface area (Å²) in [5.41, 5.74) is 0. The number of hydrogen-bond donors (Lipinski definition) is 2. The van der Waals surface area contributed by atoms with Crippen LogP contribution in [0.15, 0.2) is 0 Å². The van der Waals surface area contributed by atoms with Crippen LogP contribution in [0.25, 0.3) is 0 Å². The van der Waals surface area contributed by atoms with Gasteiger partial charge < -0.3 is 15.3 Å². The van der Waals surface area contributed by atoms with E-state index in [9.17, 15) is 4.79 Å². The zero-order valence-corrected chi connectivity index (χ0v) is 7.70. The first kappa shape index (κ1) is 8.81. The van der Waals surface area contributed by atoms with Crippen LogP contribution in [0, 0.1) is 0 Å². The van der Waals surface area contributed by atoms with Crippen LogP contribution in [0.3, 0.4) is 0 Å². The molecule has 1 unspecified atom stereocenters. The number of amides is 1. The Morgan fingerprint density at radius 1 is 1.31 bits per heavy atom. The van der Waals surface area contributed by atoms with Gasteiger partial charge in [0.15, 0.2) is 0 Å². The summed E-state index contributed by atoms with van der Waals surface area (Å²) in [5.74, 6) is 0. The van der Waals surface area contributed by atoms with E-state index in [2.05, 4.69) is 5.32 Å². The number of hydrogen-bond acceptors (Lipinski definition) is 2. The lowest BCUT2D eigenvalue weighted by atomic mass is 10.1. The molecule has 1 heterocycles. The highest BCUT2D eigenvalue weighted by atomic mass is 16.4. The highest BCUT2D eigenvalue weighted by Crippen LogP contribution is 2.21. The predicted molar refractivity (Wildman–Crippen MR) is 48.8 cm³/mol. The Hall–Kier alpha value is -0.770. The van der Waals surface area contributed by atoms with Crippen molar-refractivity contribution in [1.82, 2.24) is 10.2 Å². The van der Waals surface area contributed by atoms with E-state index in [-0.39, 0.29) is 0 Å². The number of rotatable bonds is 2. The minimum absolute atomic E-state index is 0.400. The van der Waals surface area contributed by atoms with Gasteiger partial charge in [0.05, 0.1) is 0 Å². The summed E-state index contributed by atoms with van der Waals surface area (Å²) in [6.07, 6.45) is 3.88. The molecule has 1 aliphatic carbocycles. The van der Waals surface area contributed by atoms with E-state index in [4.69, 9.17) is 5.11 Å². The van der Waals surface area contributed by atoms with Gasteiger partial charge in [0, 0.05) is 25.2 Å². The number of likely N-dealkylation sites (tertiary alicyclic amines) is 1. The minimum Gasteiger partial charge on any atom is -0.465 e. The fraction of sp³-hybridized carbons (Fsp3) is 0.889. The molecule has 1 aliphatic heterocycles. The maximum absolute atomic E-state index is 10.7. The van der Waals surface area contributed by atoms with Gasteiger partial charge in [-0.1, -0.05) is 0 Å². The molecule has 1 atom stereocenters. The van der Waals surface area contributed by atoms with E-state index in [1.807, 2.05) is 0 Å². The molecule has 4 nitrogen and oxygen atoms in total. The zero-order valence-electron chi connectivity index (χ0n) is 7.70.